The Balaban J connectivity index is 1.59. The summed E-state index contributed by atoms with van der Waals surface area (Å²) in [6.07, 6.45) is 0.648. The SMILES string of the molecule is COc1ccccc1CCNC(=O)c1cc(NCc2ccc(F)cc2)nc(C)n1. The van der Waals surface area contributed by atoms with Gasteiger partial charge in [0.15, 0.2) is 0 Å². The lowest BCUT2D eigenvalue weighted by Crippen LogP contribution is -2.27. The van der Waals surface area contributed by atoms with E-state index in [2.05, 4.69) is 20.6 Å². The number of benzene rings is 2. The lowest BCUT2D eigenvalue weighted by molar-refractivity contribution is 0.0948. The number of halogens is 1. The zero-order valence-corrected chi connectivity index (χ0v) is 16.4. The molecule has 6 nitrogen and oxygen atoms in total. The molecule has 0 atom stereocenters. The first-order chi connectivity index (χ1) is 14.0. The Morgan fingerprint density at radius 1 is 1.10 bits per heavy atom. The molecule has 0 aliphatic carbocycles. The molecule has 3 rings (SSSR count). The van der Waals surface area contributed by atoms with E-state index in [4.69, 9.17) is 4.74 Å². The van der Waals surface area contributed by atoms with Crippen LogP contribution < -0.4 is 15.4 Å². The predicted molar refractivity (Wildman–Crippen MR) is 110 cm³/mol. The first-order valence-corrected chi connectivity index (χ1v) is 9.29. The summed E-state index contributed by atoms with van der Waals surface area (Å²) >= 11 is 0. The first-order valence-electron chi connectivity index (χ1n) is 9.29. The molecule has 0 unspecified atom stereocenters. The highest BCUT2D eigenvalue weighted by molar-refractivity contribution is 5.92. The van der Waals surface area contributed by atoms with Crippen LogP contribution in [0.5, 0.6) is 5.75 Å². The average Bonchev–Trinajstić information content (AvgIpc) is 2.73. The summed E-state index contributed by atoms with van der Waals surface area (Å²) in [7, 11) is 1.63. The van der Waals surface area contributed by atoms with E-state index in [9.17, 15) is 9.18 Å². The van der Waals surface area contributed by atoms with Crippen molar-refractivity contribution in [3.63, 3.8) is 0 Å². The molecule has 0 aliphatic rings. The largest absolute Gasteiger partial charge is 0.496 e. The van der Waals surface area contributed by atoms with Crippen molar-refractivity contribution in [2.24, 2.45) is 0 Å². The average molecular weight is 394 g/mol. The van der Waals surface area contributed by atoms with Crippen LogP contribution in [0.1, 0.15) is 27.4 Å². The number of amides is 1. The van der Waals surface area contributed by atoms with Gasteiger partial charge in [-0.1, -0.05) is 30.3 Å². The second-order valence-corrected chi connectivity index (χ2v) is 6.48. The quantitative estimate of drug-likeness (QED) is 0.611. The van der Waals surface area contributed by atoms with Crippen molar-refractivity contribution < 1.29 is 13.9 Å². The van der Waals surface area contributed by atoms with Gasteiger partial charge < -0.3 is 15.4 Å². The fourth-order valence-corrected chi connectivity index (χ4v) is 2.88. The van der Waals surface area contributed by atoms with Gasteiger partial charge in [-0.25, -0.2) is 14.4 Å². The molecule has 0 saturated heterocycles. The second kappa shape index (κ2) is 9.64. The Kier molecular flexibility index (Phi) is 6.73. The summed E-state index contributed by atoms with van der Waals surface area (Å²) in [6.45, 7) is 2.65. The molecule has 0 radical (unpaired) electrons. The van der Waals surface area contributed by atoms with E-state index >= 15 is 0 Å². The summed E-state index contributed by atoms with van der Waals surface area (Å²) in [5, 5.41) is 6.02. The van der Waals surface area contributed by atoms with Gasteiger partial charge in [-0.2, -0.15) is 0 Å². The van der Waals surface area contributed by atoms with Crippen molar-refractivity contribution in [3.05, 3.63) is 83.1 Å². The highest BCUT2D eigenvalue weighted by Crippen LogP contribution is 2.17. The Hall–Kier alpha value is -3.48. The van der Waals surface area contributed by atoms with Crippen molar-refractivity contribution in [3.8, 4) is 5.75 Å². The molecular weight excluding hydrogens is 371 g/mol. The van der Waals surface area contributed by atoms with Gasteiger partial charge in [0.1, 0.15) is 28.9 Å². The molecule has 150 valence electrons. The van der Waals surface area contributed by atoms with E-state index in [0.717, 1.165) is 16.9 Å². The zero-order valence-electron chi connectivity index (χ0n) is 16.4. The third-order valence-electron chi connectivity index (χ3n) is 4.33. The third kappa shape index (κ3) is 5.75. The maximum absolute atomic E-state index is 13.0. The molecule has 0 saturated carbocycles. The summed E-state index contributed by atoms with van der Waals surface area (Å²) in [5.41, 5.74) is 2.22. The maximum Gasteiger partial charge on any atom is 0.270 e. The second-order valence-electron chi connectivity index (χ2n) is 6.48. The number of hydrogen-bond acceptors (Lipinski definition) is 5. The number of hydrogen-bond donors (Lipinski definition) is 2. The minimum atomic E-state index is -0.279. The molecule has 2 N–H and O–H groups in total. The summed E-state index contributed by atoms with van der Waals surface area (Å²) in [6, 6.07) is 15.5. The van der Waals surface area contributed by atoms with Gasteiger partial charge in [0, 0.05) is 19.2 Å². The third-order valence-corrected chi connectivity index (χ3v) is 4.33. The van der Waals surface area contributed by atoms with E-state index in [1.807, 2.05) is 24.3 Å². The van der Waals surface area contributed by atoms with Crippen molar-refractivity contribution in [1.29, 1.82) is 0 Å². The van der Waals surface area contributed by atoms with Crippen LogP contribution in [0.15, 0.2) is 54.6 Å². The molecule has 0 bridgehead atoms. The molecule has 7 heteroatoms. The number of aryl methyl sites for hydroxylation is 1. The van der Waals surface area contributed by atoms with Gasteiger partial charge >= 0.3 is 0 Å². The number of ether oxygens (including phenoxy) is 1. The molecule has 2 aromatic carbocycles. The van der Waals surface area contributed by atoms with Crippen molar-refractivity contribution in [2.45, 2.75) is 19.9 Å². The number of anilines is 1. The normalized spacial score (nSPS) is 10.4. The number of carbonyl (C=O) groups is 1. The van der Waals surface area contributed by atoms with Crippen molar-refractivity contribution in [2.75, 3.05) is 19.0 Å². The van der Waals surface area contributed by atoms with Gasteiger partial charge in [0.25, 0.3) is 5.91 Å². The molecule has 1 heterocycles. The first kappa shape index (κ1) is 20.3. The molecule has 0 aliphatic heterocycles. The lowest BCUT2D eigenvalue weighted by Gasteiger charge is -2.10. The minimum absolute atomic E-state index is 0.268. The molecule has 1 aromatic heterocycles. The van der Waals surface area contributed by atoms with Gasteiger partial charge in [-0.15, -0.1) is 0 Å². The van der Waals surface area contributed by atoms with E-state index in [1.54, 1.807) is 32.2 Å². The smallest absolute Gasteiger partial charge is 0.270 e. The van der Waals surface area contributed by atoms with Gasteiger partial charge in [0.05, 0.1) is 7.11 Å². The van der Waals surface area contributed by atoms with Crippen LogP contribution in [0, 0.1) is 12.7 Å². The highest BCUT2D eigenvalue weighted by Gasteiger charge is 2.11. The monoisotopic (exact) mass is 394 g/mol. The molecule has 0 spiro atoms. The number of aromatic nitrogens is 2. The van der Waals surface area contributed by atoms with Gasteiger partial charge in [0.2, 0.25) is 0 Å². The highest BCUT2D eigenvalue weighted by atomic mass is 19.1. The number of nitrogens with zero attached hydrogens (tertiary/aromatic N) is 2. The van der Waals surface area contributed by atoms with E-state index < -0.39 is 0 Å². The summed E-state index contributed by atoms with van der Waals surface area (Å²) in [5.74, 6) is 1.28. The van der Waals surface area contributed by atoms with Crippen LogP contribution in [-0.2, 0) is 13.0 Å². The molecule has 1 amide bonds. The predicted octanol–water partition coefficient (Wildman–Crippen LogP) is 3.52. The Morgan fingerprint density at radius 2 is 1.86 bits per heavy atom. The topological polar surface area (TPSA) is 76.1 Å². The van der Waals surface area contributed by atoms with Crippen molar-refractivity contribution >= 4 is 11.7 Å². The fourth-order valence-electron chi connectivity index (χ4n) is 2.88. The number of methoxy groups -OCH3 is 1. The van der Waals surface area contributed by atoms with Crippen LogP contribution in [0.25, 0.3) is 0 Å². The van der Waals surface area contributed by atoms with E-state index in [0.29, 0.717) is 36.8 Å². The minimum Gasteiger partial charge on any atom is -0.496 e. The number of nitrogens with one attached hydrogen (secondary N) is 2. The Labute approximate surface area is 169 Å². The Bertz CT molecular complexity index is 977. The zero-order chi connectivity index (χ0) is 20.6. The molecule has 3 aromatic rings. The number of para-hydroxylation sites is 1. The van der Waals surface area contributed by atoms with E-state index in [-0.39, 0.29) is 11.7 Å². The van der Waals surface area contributed by atoms with E-state index in [1.165, 1.54) is 12.1 Å². The Morgan fingerprint density at radius 3 is 2.62 bits per heavy atom. The van der Waals surface area contributed by atoms with Crippen LogP contribution in [0.2, 0.25) is 0 Å². The van der Waals surface area contributed by atoms with Crippen molar-refractivity contribution in [1.82, 2.24) is 15.3 Å². The van der Waals surface area contributed by atoms with Crippen LogP contribution >= 0.6 is 0 Å². The number of carbonyl (C=O) groups excluding carboxylic acids is 1. The van der Waals surface area contributed by atoms with Crippen LogP contribution in [-0.4, -0.2) is 29.5 Å². The molecule has 0 fully saturated rings. The summed E-state index contributed by atoms with van der Waals surface area (Å²) < 4.78 is 18.3. The standard InChI is InChI=1S/C22H23FN4O2/c1-15-26-19(13-21(27-15)25-14-16-7-9-18(23)10-8-16)22(28)24-12-11-17-5-3-4-6-20(17)29-2/h3-10,13H,11-12,14H2,1-2H3,(H,24,28)(H,25,26,27). The molecular formula is C22H23FN4O2. The fraction of sp³-hybridized carbons (Fsp3) is 0.227. The van der Waals surface area contributed by atoms with Crippen LogP contribution in [0.4, 0.5) is 10.2 Å². The van der Waals surface area contributed by atoms with Gasteiger partial charge in [-0.3, -0.25) is 4.79 Å². The maximum atomic E-state index is 13.0. The number of rotatable bonds is 8. The lowest BCUT2D eigenvalue weighted by atomic mass is 10.1. The van der Waals surface area contributed by atoms with Crippen LogP contribution in [0.3, 0.4) is 0 Å². The summed E-state index contributed by atoms with van der Waals surface area (Å²) in [4.78, 5) is 21.0. The molecule has 29 heavy (non-hydrogen) atoms. The van der Waals surface area contributed by atoms with Gasteiger partial charge in [-0.05, 0) is 42.7 Å².